The average molecular weight is 1340 g/mol. The van der Waals surface area contributed by atoms with Crippen molar-refractivity contribution in [2.24, 2.45) is 0 Å². The SMILES string of the molecule is CC[n+]1ccc(-c2c3nc(c(-c4cc[n+](CC)cc4)c4ccc([nH]4)c(-c4ccc5ccc6cccc7ccc4c5c67)c4nc(c(-c5cc[n+](CC)cc5)c5ccc2[nH]5)C=C4)C=C3)cc1.Cc1ccc(S(=O)(=O)[O-])cc1.Cc1ccc(S(=O)(=O)[O-])cc1.Cc1ccc(S(=O)(=O)[O-])cc1. The van der Waals surface area contributed by atoms with Crippen LogP contribution < -0.4 is 13.7 Å². The van der Waals surface area contributed by atoms with Crippen molar-refractivity contribution in [1.82, 2.24) is 19.9 Å². The van der Waals surface area contributed by atoms with Gasteiger partial charge in [-0.3, -0.25) is 0 Å². The second kappa shape index (κ2) is 27.6. The highest BCUT2D eigenvalue weighted by atomic mass is 32.2. The van der Waals surface area contributed by atoms with E-state index in [2.05, 4.69) is 221 Å². The number of aromatic nitrogens is 7. The van der Waals surface area contributed by atoms with Gasteiger partial charge in [-0.25, -0.2) is 48.9 Å². The van der Waals surface area contributed by atoms with Gasteiger partial charge in [0.2, 0.25) is 0 Å². The number of aryl methyl sites for hydroxylation is 6. The van der Waals surface area contributed by atoms with E-state index in [-0.39, 0.29) is 14.7 Å². The standard InChI is InChI=1S/C57H45N7.3C7H8O3S/c1-4-62-30-24-39(25-31-62)54-44-16-18-46(58-44)55(40-26-32-63(5-2)33-27-40)48-20-22-50(60-48)57(43-15-13-38-11-10-36-8-7-9-37-12-14-42(43)53(38)52(36)37)51-23-21-49(61-51)56(47-19-17-45(54)59-47)41-28-34-64(6-3)35-29-41;3*1-6-2-4-7(5-3-6)11(8,9)10/h7-35H,4-6H2,1-3H3,(H,58,59,60,61);3*2-5H,1H3,(H,8,9,10)/q+2;;;/p-2. The van der Waals surface area contributed by atoms with E-state index in [1.54, 1.807) is 36.4 Å². The number of hydrogen-bond donors (Lipinski definition) is 2. The third-order valence-corrected chi connectivity index (χ3v) is 19.7. The molecule has 2 N–H and O–H groups in total. The first-order valence-electron chi connectivity index (χ1n) is 31.4. The van der Waals surface area contributed by atoms with Crippen LogP contribution in [0.2, 0.25) is 0 Å². The first kappa shape index (κ1) is 66.4. The van der Waals surface area contributed by atoms with Crippen molar-refractivity contribution in [3.8, 4) is 44.5 Å². The van der Waals surface area contributed by atoms with Crippen LogP contribution in [0.15, 0.2) is 240 Å². The van der Waals surface area contributed by atoms with Gasteiger partial charge in [-0.05, 0) is 181 Å². The lowest BCUT2D eigenvalue weighted by Crippen LogP contribution is -2.30. The number of pyridine rings is 3. The molecule has 0 fully saturated rings. The minimum Gasteiger partial charge on any atom is -0.744 e. The van der Waals surface area contributed by atoms with Gasteiger partial charge < -0.3 is 23.6 Å². The number of H-pyrrole nitrogens is 2. The van der Waals surface area contributed by atoms with E-state index in [1.807, 2.05) is 20.8 Å². The average Bonchev–Trinajstić information content (AvgIpc) is 0.947. The molecule has 7 aromatic carbocycles. The molecule has 16 nitrogen and oxygen atoms in total. The van der Waals surface area contributed by atoms with Crippen molar-refractivity contribution in [1.29, 1.82) is 0 Å². The van der Waals surface area contributed by atoms with E-state index in [1.165, 1.54) is 68.7 Å². The number of benzene rings is 7. The molecule has 19 heteroatoms. The Morgan fingerprint density at radius 3 is 0.948 bits per heavy atom. The van der Waals surface area contributed by atoms with Crippen molar-refractivity contribution in [2.45, 2.75) is 75.9 Å². The lowest BCUT2D eigenvalue weighted by Gasteiger charge is -2.14. The van der Waals surface area contributed by atoms with Gasteiger partial charge in [-0.2, -0.15) is 0 Å². The summed E-state index contributed by atoms with van der Waals surface area (Å²) < 4.78 is 100. The van der Waals surface area contributed by atoms with Crippen molar-refractivity contribution in [3.63, 3.8) is 0 Å². The Hall–Kier alpha value is -10.6. The number of hydrogen-bond acceptors (Lipinski definition) is 11. The second-order valence-corrected chi connectivity index (χ2v) is 27.7. The number of aromatic amines is 2. The summed E-state index contributed by atoms with van der Waals surface area (Å²) in [6.45, 7) is 14.6. The molecular weight excluding hydrogens is 1280 g/mol. The highest BCUT2D eigenvalue weighted by molar-refractivity contribution is 7.86. The van der Waals surface area contributed by atoms with E-state index < -0.39 is 30.4 Å². The molecule has 0 aliphatic carbocycles. The summed E-state index contributed by atoms with van der Waals surface area (Å²) in [6, 6.07) is 59.6. The van der Waals surface area contributed by atoms with E-state index in [0.29, 0.717) is 0 Å². The summed E-state index contributed by atoms with van der Waals surface area (Å²) in [4.78, 5) is 18.5. The molecule has 97 heavy (non-hydrogen) atoms. The van der Waals surface area contributed by atoms with Gasteiger partial charge in [0.15, 0.2) is 37.2 Å². The Bertz CT molecular complexity index is 5490. The number of rotatable bonds is 10. The second-order valence-electron chi connectivity index (χ2n) is 23.5. The minimum absolute atomic E-state index is 0.178. The Morgan fingerprint density at radius 1 is 0.340 bits per heavy atom. The van der Waals surface area contributed by atoms with Crippen LogP contribution in [0.4, 0.5) is 0 Å². The molecule has 8 heterocycles. The smallest absolute Gasteiger partial charge is 0.169 e. The first-order valence-corrected chi connectivity index (χ1v) is 35.7. The summed E-state index contributed by atoms with van der Waals surface area (Å²) >= 11 is 0. The van der Waals surface area contributed by atoms with Gasteiger partial charge in [0.25, 0.3) is 0 Å². The fourth-order valence-electron chi connectivity index (χ4n) is 12.0. The monoisotopic (exact) mass is 1340 g/mol. The summed E-state index contributed by atoms with van der Waals surface area (Å²) in [5.74, 6) is 0. The molecule has 0 unspecified atom stereocenters. The summed E-state index contributed by atoms with van der Waals surface area (Å²) in [5.41, 5.74) is 18.8. The molecule has 8 bridgehead atoms. The summed E-state index contributed by atoms with van der Waals surface area (Å²) in [7, 11) is -12.8. The Morgan fingerprint density at radius 2 is 0.629 bits per heavy atom. The maximum Gasteiger partial charge on any atom is 0.169 e. The predicted molar refractivity (Wildman–Crippen MR) is 379 cm³/mol. The molecule has 486 valence electrons. The summed E-state index contributed by atoms with van der Waals surface area (Å²) in [6.07, 6.45) is 21.6. The van der Waals surface area contributed by atoms with E-state index >= 15 is 0 Å². The van der Waals surface area contributed by atoms with Gasteiger partial charge in [-0.1, -0.05) is 108 Å². The Balaban J connectivity index is 0.000000221. The molecule has 15 rings (SSSR count). The van der Waals surface area contributed by atoms with Gasteiger partial charge in [0.1, 0.15) is 50.0 Å². The maximum absolute atomic E-state index is 10.4. The molecular formula is C78H67N7O9S3. The highest BCUT2D eigenvalue weighted by Gasteiger charge is 2.22. The maximum atomic E-state index is 10.4. The summed E-state index contributed by atoms with van der Waals surface area (Å²) in [5, 5.41) is 7.48. The van der Waals surface area contributed by atoms with Gasteiger partial charge in [0, 0.05) is 80.7 Å². The van der Waals surface area contributed by atoms with Gasteiger partial charge in [-0.15, -0.1) is 0 Å². The van der Waals surface area contributed by atoms with Crippen molar-refractivity contribution in [2.75, 3.05) is 0 Å². The number of nitrogens with zero attached hydrogens (tertiary/aromatic N) is 5. The van der Waals surface area contributed by atoms with Crippen LogP contribution >= 0.6 is 0 Å². The number of fused-ring (bicyclic) bond motifs is 8. The Labute approximate surface area is 563 Å². The quantitative estimate of drug-likeness (QED) is 0.0741. The third-order valence-electron chi connectivity index (χ3n) is 17.1. The molecule has 0 radical (unpaired) electrons. The largest absolute Gasteiger partial charge is 0.744 e. The normalized spacial score (nSPS) is 12.1. The van der Waals surface area contributed by atoms with Crippen LogP contribution in [0, 0.1) is 20.8 Å². The molecule has 0 saturated carbocycles. The first-order chi connectivity index (χ1) is 46.5. The van der Waals surface area contributed by atoms with E-state index in [0.717, 1.165) is 126 Å². The number of nitrogens with one attached hydrogen (secondary N) is 2. The molecule has 2 aliphatic heterocycles. The topological polar surface area (TPSA) is 241 Å². The molecule has 0 atom stereocenters. The van der Waals surface area contributed by atoms with E-state index in [4.69, 9.17) is 9.97 Å². The predicted octanol–water partition coefficient (Wildman–Crippen LogP) is 14.8. The van der Waals surface area contributed by atoms with Gasteiger partial charge >= 0.3 is 0 Å². The molecule has 0 spiro atoms. The molecule has 2 aliphatic rings. The van der Waals surface area contributed by atoms with E-state index in [9.17, 15) is 38.9 Å². The zero-order valence-electron chi connectivity index (χ0n) is 53.9. The van der Waals surface area contributed by atoms with Crippen LogP contribution in [0.25, 0.3) is 123 Å². The van der Waals surface area contributed by atoms with Crippen LogP contribution in [0.3, 0.4) is 0 Å². The fourth-order valence-corrected chi connectivity index (χ4v) is 13.4. The van der Waals surface area contributed by atoms with Crippen LogP contribution in [0.1, 0.15) is 60.2 Å². The molecule has 13 aromatic rings. The highest BCUT2D eigenvalue weighted by Crippen LogP contribution is 2.43. The van der Waals surface area contributed by atoms with Crippen molar-refractivity contribution < 1.29 is 52.6 Å². The van der Waals surface area contributed by atoms with Crippen molar-refractivity contribution in [3.05, 3.63) is 265 Å². The molecule has 0 amide bonds. The Kier molecular flexibility index (Phi) is 18.9. The lowest BCUT2D eigenvalue weighted by atomic mass is 9.89. The fraction of sp³-hybridized carbons (Fsp3) is 0.115. The zero-order valence-corrected chi connectivity index (χ0v) is 56.4. The zero-order chi connectivity index (χ0) is 68.3. The van der Waals surface area contributed by atoms with Crippen LogP contribution in [-0.2, 0) is 50.0 Å². The lowest BCUT2D eigenvalue weighted by molar-refractivity contribution is -0.693. The van der Waals surface area contributed by atoms with Gasteiger partial charge in [0.05, 0.1) is 37.5 Å². The third kappa shape index (κ3) is 14.5. The van der Waals surface area contributed by atoms with Crippen LogP contribution in [0.5, 0.6) is 0 Å². The molecule has 0 saturated heterocycles. The van der Waals surface area contributed by atoms with Crippen molar-refractivity contribution >= 4 is 109 Å². The minimum atomic E-state index is -4.27. The molecule has 6 aromatic heterocycles. The van der Waals surface area contributed by atoms with Crippen LogP contribution in [-0.4, -0.2) is 58.8 Å².